The minimum Gasteiger partial charge on any atom is -0.496 e. The second-order valence-electron chi connectivity index (χ2n) is 4.24. The number of halogens is 2. The van der Waals surface area contributed by atoms with E-state index < -0.39 is 0 Å². The number of hydrogen-bond acceptors (Lipinski definition) is 3. The van der Waals surface area contributed by atoms with Crippen molar-refractivity contribution in [2.75, 3.05) is 33.4 Å². The Kier molecular flexibility index (Phi) is 7.60. The van der Waals surface area contributed by atoms with E-state index in [1.54, 1.807) is 7.11 Å². The van der Waals surface area contributed by atoms with Gasteiger partial charge < -0.3 is 20.1 Å². The van der Waals surface area contributed by atoms with Crippen LogP contribution in [0.1, 0.15) is 5.56 Å². The third-order valence-electron chi connectivity index (χ3n) is 2.97. The Labute approximate surface area is 144 Å². The lowest BCUT2D eigenvalue weighted by Gasteiger charge is -2.27. The van der Waals surface area contributed by atoms with Gasteiger partial charge in [0.2, 0.25) is 0 Å². The van der Waals surface area contributed by atoms with Crippen LogP contribution in [0.2, 0.25) is 0 Å². The fourth-order valence-electron chi connectivity index (χ4n) is 1.87. The molecule has 0 atom stereocenters. The largest absolute Gasteiger partial charge is 0.496 e. The molecule has 1 aromatic rings. The van der Waals surface area contributed by atoms with E-state index in [2.05, 4.69) is 20.9 Å². The van der Waals surface area contributed by atoms with Crippen LogP contribution in [0.15, 0.2) is 27.7 Å². The van der Waals surface area contributed by atoms with Gasteiger partial charge in [0.05, 0.1) is 31.3 Å². The number of nitrogens with two attached hydrogens (primary N) is 1. The molecule has 0 aromatic heterocycles. The first-order valence-corrected chi connectivity index (χ1v) is 6.95. The maximum Gasteiger partial charge on any atom is 0.191 e. The lowest BCUT2D eigenvalue weighted by Crippen LogP contribution is -2.44. The van der Waals surface area contributed by atoms with Gasteiger partial charge in [-0.3, -0.25) is 0 Å². The fraction of sp³-hybridized carbons (Fsp3) is 0.462. The van der Waals surface area contributed by atoms with Crippen LogP contribution in [0.4, 0.5) is 0 Å². The number of aliphatic imine (C=N–C) groups is 1. The minimum atomic E-state index is 0. The highest BCUT2D eigenvalue weighted by atomic mass is 127. The monoisotopic (exact) mass is 455 g/mol. The van der Waals surface area contributed by atoms with Crippen molar-refractivity contribution in [2.24, 2.45) is 10.7 Å². The van der Waals surface area contributed by atoms with Crippen molar-refractivity contribution in [2.45, 2.75) is 6.54 Å². The molecule has 0 spiro atoms. The van der Waals surface area contributed by atoms with Crippen LogP contribution in [-0.2, 0) is 11.3 Å². The van der Waals surface area contributed by atoms with Crippen LogP contribution in [0.3, 0.4) is 0 Å². The van der Waals surface area contributed by atoms with Crippen LogP contribution in [0.5, 0.6) is 5.75 Å². The SMILES string of the molecule is COc1ccc(CN=C(N)N2CCOCC2)cc1Br.I. The van der Waals surface area contributed by atoms with Gasteiger partial charge in [0.1, 0.15) is 5.75 Å². The van der Waals surface area contributed by atoms with Gasteiger partial charge in [0.25, 0.3) is 0 Å². The summed E-state index contributed by atoms with van der Waals surface area (Å²) in [6.45, 7) is 3.60. The number of hydrogen-bond donors (Lipinski definition) is 1. The molecule has 1 heterocycles. The van der Waals surface area contributed by atoms with Crippen LogP contribution in [-0.4, -0.2) is 44.3 Å². The summed E-state index contributed by atoms with van der Waals surface area (Å²) >= 11 is 3.46. The Bertz CT molecular complexity index is 465. The number of guanidine groups is 1. The van der Waals surface area contributed by atoms with Crippen LogP contribution < -0.4 is 10.5 Å². The second kappa shape index (κ2) is 8.68. The molecule has 2 rings (SSSR count). The number of benzene rings is 1. The van der Waals surface area contributed by atoms with E-state index in [9.17, 15) is 0 Å². The predicted molar refractivity (Wildman–Crippen MR) is 93.8 cm³/mol. The summed E-state index contributed by atoms with van der Waals surface area (Å²) in [6.07, 6.45) is 0. The van der Waals surface area contributed by atoms with Gasteiger partial charge in [-0.15, -0.1) is 24.0 Å². The van der Waals surface area contributed by atoms with E-state index in [0.29, 0.717) is 25.7 Å². The molecule has 0 saturated carbocycles. The maximum absolute atomic E-state index is 5.97. The predicted octanol–water partition coefficient (Wildman–Crippen LogP) is 2.22. The van der Waals surface area contributed by atoms with Gasteiger partial charge in [0, 0.05) is 13.1 Å². The summed E-state index contributed by atoms with van der Waals surface area (Å²) in [6, 6.07) is 5.90. The lowest BCUT2D eigenvalue weighted by atomic mass is 10.2. The zero-order valence-corrected chi connectivity index (χ0v) is 15.3. The molecular formula is C13H19BrIN3O2. The third kappa shape index (κ3) is 4.78. The molecule has 5 nitrogen and oxygen atoms in total. The van der Waals surface area contributed by atoms with Gasteiger partial charge in [-0.05, 0) is 33.6 Å². The summed E-state index contributed by atoms with van der Waals surface area (Å²) in [7, 11) is 1.65. The highest BCUT2D eigenvalue weighted by Gasteiger charge is 2.11. The molecule has 7 heteroatoms. The Balaban J connectivity index is 0.00000200. The molecule has 0 bridgehead atoms. The zero-order chi connectivity index (χ0) is 13.7. The van der Waals surface area contributed by atoms with Crippen molar-refractivity contribution in [1.82, 2.24) is 4.90 Å². The van der Waals surface area contributed by atoms with Gasteiger partial charge in [0.15, 0.2) is 5.96 Å². The average Bonchev–Trinajstić information content (AvgIpc) is 2.46. The molecule has 0 amide bonds. The van der Waals surface area contributed by atoms with Crippen molar-refractivity contribution in [3.05, 3.63) is 28.2 Å². The molecule has 1 fully saturated rings. The van der Waals surface area contributed by atoms with Crippen LogP contribution in [0, 0.1) is 0 Å². The van der Waals surface area contributed by atoms with Crippen molar-refractivity contribution in [1.29, 1.82) is 0 Å². The topological polar surface area (TPSA) is 60.1 Å². The van der Waals surface area contributed by atoms with Crippen molar-refractivity contribution >= 4 is 45.9 Å². The van der Waals surface area contributed by atoms with E-state index in [4.69, 9.17) is 15.2 Å². The Hall–Kier alpha value is -0.540. The highest BCUT2D eigenvalue weighted by Crippen LogP contribution is 2.25. The molecule has 0 radical (unpaired) electrons. The first kappa shape index (κ1) is 17.5. The summed E-state index contributed by atoms with van der Waals surface area (Å²) < 4.78 is 11.4. The molecule has 0 unspecified atom stereocenters. The minimum absolute atomic E-state index is 0. The van der Waals surface area contributed by atoms with Crippen molar-refractivity contribution in [3.63, 3.8) is 0 Å². The number of rotatable bonds is 3. The van der Waals surface area contributed by atoms with Gasteiger partial charge >= 0.3 is 0 Å². The first-order valence-electron chi connectivity index (χ1n) is 6.15. The van der Waals surface area contributed by atoms with Crippen molar-refractivity contribution in [3.8, 4) is 5.75 Å². The first-order chi connectivity index (χ1) is 9.20. The highest BCUT2D eigenvalue weighted by molar-refractivity contribution is 14.0. The number of methoxy groups -OCH3 is 1. The van der Waals surface area contributed by atoms with E-state index >= 15 is 0 Å². The summed E-state index contributed by atoms with van der Waals surface area (Å²) in [4.78, 5) is 6.46. The average molecular weight is 456 g/mol. The van der Waals surface area contributed by atoms with Crippen LogP contribution >= 0.6 is 39.9 Å². The third-order valence-corrected chi connectivity index (χ3v) is 3.59. The van der Waals surface area contributed by atoms with Gasteiger partial charge in [-0.2, -0.15) is 0 Å². The van der Waals surface area contributed by atoms with E-state index in [1.165, 1.54) is 0 Å². The van der Waals surface area contributed by atoms with E-state index in [1.807, 2.05) is 23.1 Å². The Morgan fingerprint density at radius 2 is 2.15 bits per heavy atom. The lowest BCUT2D eigenvalue weighted by molar-refractivity contribution is 0.0674. The molecule has 0 aliphatic carbocycles. The summed E-state index contributed by atoms with van der Waals surface area (Å²) in [5, 5.41) is 0. The maximum atomic E-state index is 5.97. The second-order valence-corrected chi connectivity index (χ2v) is 5.10. The summed E-state index contributed by atoms with van der Waals surface area (Å²) in [5.41, 5.74) is 7.06. The summed E-state index contributed by atoms with van der Waals surface area (Å²) in [5.74, 6) is 1.39. The van der Waals surface area contributed by atoms with Crippen LogP contribution in [0.25, 0.3) is 0 Å². The molecule has 1 saturated heterocycles. The molecule has 112 valence electrons. The van der Waals surface area contributed by atoms with E-state index in [0.717, 1.165) is 28.9 Å². The van der Waals surface area contributed by atoms with Crippen molar-refractivity contribution < 1.29 is 9.47 Å². The fourth-order valence-corrected chi connectivity index (χ4v) is 2.46. The molecular weight excluding hydrogens is 437 g/mol. The molecule has 1 aliphatic heterocycles. The quantitative estimate of drug-likeness (QED) is 0.431. The number of morpholine rings is 1. The Morgan fingerprint density at radius 1 is 1.45 bits per heavy atom. The van der Waals surface area contributed by atoms with E-state index in [-0.39, 0.29) is 24.0 Å². The molecule has 2 N–H and O–H groups in total. The molecule has 1 aliphatic rings. The standard InChI is InChI=1S/C13H18BrN3O2.HI/c1-18-12-3-2-10(8-11(12)14)9-16-13(15)17-4-6-19-7-5-17;/h2-3,8H,4-7,9H2,1H3,(H2,15,16);1H. The molecule has 20 heavy (non-hydrogen) atoms. The number of ether oxygens (including phenoxy) is 2. The normalized spacial score (nSPS) is 15.7. The Morgan fingerprint density at radius 3 is 2.75 bits per heavy atom. The smallest absolute Gasteiger partial charge is 0.191 e. The number of nitrogens with zero attached hydrogens (tertiary/aromatic N) is 2. The zero-order valence-electron chi connectivity index (χ0n) is 11.3. The van der Waals surface area contributed by atoms with Gasteiger partial charge in [-0.25, -0.2) is 4.99 Å². The molecule has 1 aromatic carbocycles. The van der Waals surface area contributed by atoms with Gasteiger partial charge in [-0.1, -0.05) is 6.07 Å².